The summed E-state index contributed by atoms with van der Waals surface area (Å²) in [6.07, 6.45) is 9.62. The lowest BCUT2D eigenvalue weighted by Crippen LogP contribution is -2.43. The maximum absolute atomic E-state index is 11.9. The predicted octanol–water partition coefficient (Wildman–Crippen LogP) is 1.98. The van der Waals surface area contributed by atoms with Crippen LogP contribution in [0.25, 0.3) is 0 Å². The van der Waals surface area contributed by atoms with Gasteiger partial charge < -0.3 is 9.47 Å². The van der Waals surface area contributed by atoms with Crippen molar-refractivity contribution >= 4 is 5.91 Å². The lowest BCUT2D eigenvalue weighted by Gasteiger charge is -2.30. The third kappa shape index (κ3) is 3.34. The van der Waals surface area contributed by atoms with E-state index in [1.807, 2.05) is 0 Å². The monoisotopic (exact) mass is 331 g/mol. The largest absolute Gasteiger partial charge is 0.338 e. The summed E-state index contributed by atoms with van der Waals surface area (Å²) in [6, 6.07) is 0.988. The third-order valence-electron chi connectivity index (χ3n) is 5.83. The van der Waals surface area contributed by atoms with Gasteiger partial charge in [0.1, 0.15) is 11.6 Å². The molecule has 0 aromatic carbocycles. The first kappa shape index (κ1) is 16.1. The van der Waals surface area contributed by atoms with Crippen molar-refractivity contribution < 1.29 is 4.79 Å². The summed E-state index contributed by atoms with van der Waals surface area (Å²) in [4.78, 5) is 16.6. The van der Waals surface area contributed by atoms with E-state index in [-0.39, 0.29) is 5.91 Å². The van der Waals surface area contributed by atoms with Gasteiger partial charge in [0.05, 0.1) is 6.54 Å². The predicted molar refractivity (Wildman–Crippen MR) is 91.4 cm³/mol. The second-order valence-electron chi connectivity index (χ2n) is 7.66. The van der Waals surface area contributed by atoms with Crippen molar-refractivity contribution in [1.29, 1.82) is 0 Å². The van der Waals surface area contributed by atoms with E-state index < -0.39 is 0 Å². The van der Waals surface area contributed by atoms with Crippen LogP contribution >= 0.6 is 0 Å². The Morgan fingerprint density at radius 2 is 2.00 bits per heavy atom. The number of carbonyl (C=O) groups excluding carboxylic acids is 1. The average molecular weight is 331 g/mol. The molecule has 1 atom stereocenters. The highest BCUT2D eigenvalue weighted by Crippen LogP contribution is 2.29. The molecule has 6 heteroatoms. The van der Waals surface area contributed by atoms with Gasteiger partial charge in [-0.25, -0.2) is 0 Å². The molecule has 3 aliphatic rings. The molecule has 132 valence electrons. The van der Waals surface area contributed by atoms with Gasteiger partial charge in [0.15, 0.2) is 0 Å². The van der Waals surface area contributed by atoms with Crippen LogP contribution in [0.1, 0.15) is 63.5 Å². The quantitative estimate of drug-likeness (QED) is 0.828. The highest BCUT2D eigenvalue weighted by molar-refractivity contribution is 5.74. The Morgan fingerprint density at radius 1 is 1.12 bits per heavy atom. The van der Waals surface area contributed by atoms with Crippen LogP contribution in [0.4, 0.5) is 0 Å². The molecule has 1 unspecified atom stereocenters. The zero-order valence-corrected chi connectivity index (χ0v) is 14.8. The second kappa shape index (κ2) is 6.82. The van der Waals surface area contributed by atoms with Gasteiger partial charge in [-0.05, 0) is 45.1 Å². The van der Waals surface area contributed by atoms with E-state index in [1.54, 1.807) is 6.92 Å². The minimum atomic E-state index is 0.237. The third-order valence-corrected chi connectivity index (χ3v) is 5.83. The lowest BCUT2D eigenvalue weighted by atomic mass is 10.2. The van der Waals surface area contributed by atoms with E-state index in [1.165, 1.54) is 50.8 Å². The standard InChI is InChI=1S/C18H29N5O/c1-14(24)23(15-8-9-15)12-16-6-5-10-21(16)13-18-20-19-17-7-3-2-4-11-22(17)18/h15-16H,2-13H2,1H3. The molecule has 4 rings (SSSR count). The van der Waals surface area contributed by atoms with Crippen molar-refractivity contribution in [2.75, 3.05) is 13.1 Å². The van der Waals surface area contributed by atoms with Gasteiger partial charge in [-0.3, -0.25) is 9.69 Å². The van der Waals surface area contributed by atoms with Crippen molar-refractivity contribution in [3.8, 4) is 0 Å². The summed E-state index contributed by atoms with van der Waals surface area (Å²) in [5.41, 5.74) is 0. The molecule has 2 aliphatic heterocycles. The molecule has 0 bridgehead atoms. The zero-order valence-electron chi connectivity index (χ0n) is 14.8. The highest BCUT2D eigenvalue weighted by Gasteiger charge is 2.35. The highest BCUT2D eigenvalue weighted by atomic mass is 16.2. The average Bonchev–Trinajstić information content (AvgIpc) is 3.27. The number of fused-ring (bicyclic) bond motifs is 1. The SMILES string of the molecule is CC(=O)N(CC1CCCN1Cc1nnc2n1CCCCC2)C1CC1. The number of aromatic nitrogens is 3. The van der Waals surface area contributed by atoms with Crippen LogP contribution in [0.5, 0.6) is 0 Å². The van der Waals surface area contributed by atoms with Crippen LogP contribution in [0.3, 0.4) is 0 Å². The van der Waals surface area contributed by atoms with Gasteiger partial charge in [0, 0.05) is 38.5 Å². The number of carbonyl (C=O) groups is 1. The van der Waals surface area contributed by atoms with Crippen molar-refractivity contribution in [2.24, 2.45) is 0 Å². The number of rotatable bonds is 5. The Kier molecular flexibility index (Phi) is 4.57. The van der Waals surface area contributed by atoms with Gasteiger partial charge in [-0.15, -0.1) is 10.2 Å². The Morgan fingerprint density at radius 3 is 2.79 bits per heavy atom. The number of hydrogen-bond donors (Lipinski definition) is 0. The van der Waals surface area contributed by atoms with E-state index in [0.717, 1.165) is 38.4 Å². The van der Waals surface area contributed by atoms with Crippen molar-refractivity contribution in [1.82, 2.24) is 24.6 Å². The first-order valence-corrected chi connectivity index (χ1v) is 9.64. The Balaban J connectivity index is 1.44. The number of amides is 1. The molecule has 6 nitrogen and oxygen atoms in total. The van der Waals surface area contributed by atoms with Crippen LogP contribution in [0.2, 0.25) is 0 Å². The van der Waals surface area contributed by atoms with E-state index in [9.17, 15) is 4.79 Å². The van der Waals surface area contributed by atoms with E-state index in [4.69, 9.17) is 0 Å². The van der Waals surface area contributed by atoms with E-state index in [2.05, 4.69) is 24.6 Å². The number of nitrogens with zero attached hydrogens (tertiary/aromatic N) is 5. The van der Waals surface area contributed by atoms with Crippen LogP contribution < -0.4 is 0 Å². The molecule has 3 heterocycles. The summed E-state index contributed by atoms with van der Waals surface area (Å²) in [7, 11) is 0. The Labute approximate surface area is 144 Å². The summed E-state index contributed by atoms with van der Waals surface area (Å²) in [6.45, 7) is 5.67. The molecule has 0 N–H and O–H groups in total. The molecule has 24 heavy (non-hydrogen) atoms. The summed E-state index contributed by atoms with van der Waals surface area (Å²) >= 11 is 0. The first-order valence-electron chi connectivity index (χ1n) is 9.64. The fourth-order valence-electron chi connectivity index (χ4n) is 4.30. The lowest BCUT2D eigenvalue weighted by molar-refractivity contribution is -0.130. The molecule has 1 saturated carbocycles. The molecule has 1 aliphatic carbocycles. The molecule has 1 saturated heterocycles. The first-order chi connectivity index (χ1) is 11.7. The molecule has 1 aromatic rings. The van der Waals surface area contributed by atoms with Crippen molar-refractivity contribution in [3.63, 3.8) is 0 Å². The Hall–Kier alpha value is -1.43. The molecular formula is C18H29N5O. The van der Waals surface area contributed by atoms with Gasteiger partial charge in [0.25, 0.3) is 0 Å². The topological polar surface area (TPSA) is 54.3 Å². The minimum absolute atomic E-state index is 0.237. The maximum atomic E-state index is 11.9. The van der Waals surface area contributed by atoms with Gasteiger partial charge in [0.2, 0.25) is 5.91 Å². The number of hydrogen-bond acceptors (Lipinski definition) is 4. The molecule has 1 aromatic heterocycles. The summed E-state index contributed by atoms with van der Waals surface area (Å²) < 4.78 is 2.35. The van der Waals surface area contributed by atoms with Crippen LogP contribution in [0.15, 0.2) is 0 Å². The number of aryl methyl sites for hydroxylation is 1. The molecule has 2 fully saturated rings. The van der Waals surface area contributed by atoms with Crippen LogP contribution in [0, 0.1) is 0 Å². The molecule has 1 amide bonds. The van der Waals surface area contributed by atoms with Crippen molar-refractivity contribution in [3.05, 3.63) is 11.6 Å². The fraction of sp³-hybridized carbons (Fsp3) is 0.833. The Bertz CT molecular complexity index is 594. The normalized spacial score (nSPS) is 24.6. The molecule has 0 radical (unpaired) electrons. The van der Waals surface area contributed by atoms with Gasteiger partial charge in [-0.2, -0.15) is 0 Å². The minimum Gasteiger partial charge on any atom is -0.338 e. The summed E-state index contributed by atoms with van der Waals surface area (Å²) in [5.74, 6) is 2.53. The summed E-state index contributed by atoms with van der Waals surface area (Å²) in [5, 5.41) is 8.92. The van der Waals surface area contributed by atoms with Crippen LogP contribution in [-0.4, -0.2) is 55.6 Å². The number of likely N-dealkylation sites (tertiary alicyclic amines) is 1. The van der Waals surface area contributed by atoms with E-state index in [0.29, 0.717) is 12.1 Å². The zero-order chi connectivity index (χ0) is 16.5. The van der Waals surface area contributed by atoms with Crippen molar-refractivity contribution in [2.45, 2.75) is 83.5 Å². The smallest absolute Gasteiger partial charge is 0.219 e. The molecule has 0 spiro atoms. The fourth-order valence-corrected chi connectivity index (χ4v) is 4.30. The van der Waals surface area contributed by atoms with Gasteiger partial charge in [-0.1, -0.05) is 6.42 Å². The molecular weight excluding hydrogens is 302 g/mol. The maximum Gasteiger partial charge on any atom is 0.219 e. The second-order valence-corrected chi connectivity index (χ2v) is 7.66. The van der Waals surface area contributed by atoms with Gasteiger partial charge >= 0.3 is 0 Å². The van der Waals surface area contributed by atoms with E-state index >= 15 is 0 Å². The van der Waals surface area contributed by atoms with Crippen LogP contribution in [-0.2, 0) is 24.3 Å².